The van der Waals surface area contributed by atoms with Crippen molar-refractivity contribution in [2.24, 2.45) is 17.6 Å². The number of aromatic nitrogens is 1. The molecular formula is C25H45Cl2N3O2. The number of fused-ring (bicyclic) bond motifs is 1. The first kappa shape index (κ1) is 31.2. The third-order valence-electron chi connectivity index (χ3n) is 6.38. The summed E-state index contributed by atoms with van der Waals surface area (Å²) in [5, 5.41) is 15.1. The Morgan fingerprint density at radius 2 is 1.81 bits per heavy atom. The highest BCUT2D eigenvalue weighted by molar-refractivity contribution is 5.85. The Bertz CT molecular complexity index is 767. The molecule has 1 heterocycles. The first-order valence-corrected chi connectivity index (χ1v) is 11.5. The van der Waals surface area contributed by atoms with Gasteiger partial charge in [-0.2, -0.15) is 0 Å². The van der Waals surface area contributed by atoms with Crippen LogP contribution in [-0.4, -0.2) is 48.5 Å². The first-order chi connectivity index (χ1) is 14.2. The lowest BCUT2D eigenvalue weighted by Crippen LogP contribution is -2.45. The van der Waals surface area contributed by atoms with Crippen LogP contribution in [0.25, 0.3) is 10.9 Å². The van der Waals surface area contributed by atoms with Crippen LogP contribution in [0.1, 0.15) is 64.5 Å². The number of ether oxygens (including phenoxy) is 1. The Kier molecular flexibility index (Phi) is 14.8. The highest BCUT2D eigenvalue weighted by Gasteiger charge is 2.27. The maximum absolute atomic E-state index is 10.5. The van der Waals surface area contributed by atoms with Gasteiger partial charge in [0, 0.05) is 49.4 Å². The summed E-state index contributed by atoms with van der Waals surface area (Å²) in [4.78, 5) is 3.40. The summed E-state index contributed by atoms with van der Waals surface area (Å²) in [6.45, 7) is 12.3. The van der Waals surface area contributed by atoms with Crippen LogP contribution in [0.2, 0.25) is 0 Å². The lowest BCUT2D eigenvalue weighted by atomic mass is 9.76. The number of hydrogen-bond donors (Lipinski definition) is 4. The molecule has 1 aromatic carbocycles. The predicted octanol–water partition coefficient (Wildman–Crippen LogP) is 5.04. The molecule has 0 fully saturated rings. The van der Waals surface area contributed by atoms with Crippen LogP contribution in [-0.2, 0) is 11.2 Å². The molecule has 0 amide bonds. The molecule has 5 nitrogen and oxygen atoms in total. The topological polar surface area (TPSA) is 83.3 Å². The van der Waals surface area contributed by atoms with E-state index in [2.05, 4.69) is 69.3 Å². The van der Waals surface area contributed by atoms with Crippen LogP contribution in [0.15, 0.2) is 24.4 Å². The van der Waals surface area contributed by atoms with Gasteiger partial charge in [0.2, 0.25) is 0 Å². The standard InChI is InChI=1S/C25H43N3O2.2ClH/c1-16(2)21(13-23(26)25(29)15-27-17(3)4)18(5)19-9-10-24-22(12-19)20(14-28-24)8-7-11-30-6;;/h9-10,12,14,16-18,21,23,25,27-29H,7-8,11,13,15,26H2,1-6H3;2*1H. The number of methoxy groups -OCH3 is 1. The molecule has 0 spiro atoms. The highest BCUT2D eigenvalue weighted by atomic mass is 35.5. The summed E-state index contributed by atoms with van der Waals surface area (Å²) in [6, 6.07) is 6.89. The van der Waals surface area contributed by atoms with E-state index in [1.807, 2.05) is 0 Å². The molecule has 4 atom stereocenters. The van der Waals surface area contributed by atoms with Crippen LogP contribution in [0.3, 0.4) is 0 Å². The molecule has 0 radical (unpaired) electrons. The Labute approximate surface area is 207 Å². The van der Waals surface area contributed by atoms with Gasteiger partial charge in [-0.15, -0.1) is 24.8 Å². The largest absolute Gasteiger partial charge is 0.390 e. The van der Waals surface area contributed by atoms with Crippen molar-refractivity contribution in [2.45, 2.75) is 78.0 Å². The average Bonchev–Trinajstić information content (AvgIpc) is 3.11. The number of aromatic amines is 1. The summed E-state index contributed by atoms with van der Waals surface area (Å²) in [5.41, 5.74) is 10.3. The minimum atomic E-state index is -0.527. The number of benzene rings is 1. The van der Waals surface area contributed by atoms with Crippen molar-refractivity contribution in [1.29, 1.82) is 0 Å². The van der Waals surface area contributed by atoms with Gasteiger partial charge in [0.15, 0.2) is 0 Å². The summed E-state index contributed by atoms with van der Waals surface area (Å²) in [5.74, 6) is 1.26. The van der Waals surface area contributed by atoms with Crippen molar-refractivity contribution >= 4 is 35.7 Å². The predicted molar refractivity (Wildman–Crippen MR) is 141 cm³/mol. The van der Waals surface area contributed by atoms with Gasteiger partial charge in [-0.25, -0.2) is 0 Å². The minimum absolute atomic E-state index is 0. The first-order valence-electron chi connectivity index (χ1n) is 11.5. The van der Waals surface area contributed by atoms with Crippen molar-refractivity contribution in [3.05, 3.63) is 35.5 Å². The molecule has 2 rings (SSSR count). The lowest BCUT2D eigenvalue weighted by molar-refractivity contribution is 0.118. The molecule has 4 unspecified atom stereocenters. The summed E-state index contributed by atoms with van der Waals surface area (Å²) < 4.78 is 5.21. The molecule has 0 saturated carbocycles. The Morgan fingerprint density at radius 3 is 2.41 bits per heavy atom. The number of aliphatic hydroxyl groups is 1. The van der Waals surface area contributed by atoms with Gasteiger partial charge in [-0.1, -0.05) is 40.7 Å². The van der Waals surface area contributed by atoms with E-state index in [9.17, 15) is 5.11 Å². The van der Waals surface area contributed by atoms with Gasteiger partial charge in [-0.3, -0.25) is 0 Å². The van der Waals surface area contributed by atoms with Crippen molar-refractivity contribution in [3.8, 4) is 0 Å². The number of halogens is 2. The number of nitrogens with two attached hydrogens (primary N) is 1. The molecule has 0 aliphatic carbocycles. The van der Waals surface area contributed by atoms with E-state index in [4.69, 9.17) is 10.5 Å². The molecule has 2 aromatic rings. The number of nitrogens with one attached hydrogen (secondary N) is 2. The highest BCUT2D eigenvalue weighted by Crippen LogP contribution is 2.35. The Morgan fingerprint density at radius 1 is 1.12 bits per heavy atom. The Hall–Kier alpha value is -0.820. The third-order valence-corrected chi connectivity index (χ3v) is 6.38. The van der Waals surface area contributed by atoms with E-state index in [0.717, 1.165) is 25.9 Å². The van der Waals surface area contributed by atoms with Crippen molar-refractivity contribution in [1.82, 2.24) is 10.3 Å². The quantitative estimate of drug-likeness (QED) is 0.297. The van der Waals surface area contributed by atoms with Crippen LogP contribution in [0.5, 0.6) is 0 Å². The fraction of sp³-hybridized carbons (Fsp3) is 0.680. The molecule has 7 heteroatoms. The van der Waals surface area contributed by atoms with E-state index in [-0.39, 0.29) is 30.9 Å². The van der Waals surface area contributed by atoms with Crippen molar-refractivity contribution in [3.63, 3.8) is 0 Å². The number of hydrogen-bond acceptors (Lipinski definition) is 4. The van der Waals surface area contributed by atoms with Gasteiger partial charge >= 0.3 is 0 Å². The zero-order valence-corrected chi connectivity index (χ0v) is 22.2. The van der Waals surface area contributed by atoms with Crippen LogP contribution in [0.4, 0.5) is 0 Å². The molecule has 0 bridgehead atoms. The van der Waals surface area contributed by atoms with Gasteiger partial charge in [0.1, 0.15) is 0 Å². The van der Waals surface area contributed by atoms with E-state index < -0.39 is 6.10 Å². The Balaban J connectivity index is 0.00000480. The van der Waals surface area contributed by atoms with Crippen molar-refractivity contribution < 1.29 is 9.84 Å². The van der Waals surface area contributed by atoms with E-state index in [0.29, 0.717) is 30.3 Å². The fourth-order valence-electron chi connectivity index (χ4n) is 4.37. The van der Waals surface area contributed by atoms with E-state index in [1.165, 1.54) is 22.0 Å². The number of rotatable bonds is 13. The van der Waals surface area contributed by atoms with Gasteiger partial charge in [0.05, 0.1) is 6.10 Å². The zero-order valence-electron chi connectivity index (χ0n) is 20.6. The monoisotopic (exact) mass is 489 g/mol. The van der Waals surface area contributed by atoms with E-state index >= 15 is 0 Å². The van der Waals surface area contributed by atoms with Crippen LogP contribution >= 0.6 is 24.8 Å². The lowest BCUT2D eigenvalue weighted by Gasteiger charge is -2.32. The minimum Gasteiger partial charge on any atom is -0.390 e. The number of H-pyrrole nitrogens is 1. The molecule has 186 valence electrons. The fourth-order valence-corrected chi connectivity index (χ4v) is 4.37. The molecule has 32 heavy (non-hydrogen) atoms. The second kappa shape index (κ2) is 15.2. The van der Waals surface area contributed by atoms with Crippen LogP contribution in [0, 0.1) is 11.8 Å². The van der Waals surface area contributed by atoms with Crippen LogP contribution < -0.4 is 11.1 Å². The zero-order chi connectivity index (χ0) is 22.3. The molecular weight excluding hydrogens is 445 g/mol. The summed E-state index contributed by atoms with van der Waals surface area (Å²) in [7, 11) is 1.75. The third kappa shape index (κ3) is 8.85. The maximum atomic E-state index is 10.5. The number of aliphatic hydroxyl groups excluding tert-OH is 1. The van der Waals surface area contributed by atoms with Gasteiger partial charge in [-0.05, 0) is 60.3 Å². The second-order valence-corrected chi connectivity index (χ2v) is 9.44. The summed E-state index contributed by atoms with van der Waals surface area (Å²) in [6.07, 6.45) is 4.45. The van der Waals surface area contributed by atoms with E-state index in [1.54, 1.807) is 7.11 Å². The molecule has 0 aliphatic rings. The smallest absolute Gasteiger partial charge is 0.0815 e. The van der Waals surface area contributed by atoms with Gasteiger partial charge < -0.3 is 25.9 Å². The summed E-state index contributed by atoms with van der Waals surface area (Å²) >= 11 is 0. The normalized spacial score (nSPS) is 15.3. The molecule has 5 N–H and O–H groups in total. The van der Waals surface area contributed by atoms with Gasteiger partial charge in [0.25, 0.3) is 0 Å². The second-order valence-electron chi connectivity index (χ2n) is 9.44. The average molecular weight is 491 g/mol. The maximum Gasteiger partial charge on any atom is 0.0815 e. The van der Waals surface area contributed by atoms with Crippen molar-refractivity contribution in [2.75, 3.05) is 20.3 Å². The number of aryl methyl sites for hydroxylation is 1. The molecule has 1 aromatic heterocycles. The molecule has 0 saturated heterocycles. The molecule has 0 aliphatic heterocycles. The SMILES string of the molecule is COCCCc1c[nH]c2ccc(C(C)C(CC(N)C(O)CNC(C)C)C(C)C)cc12.Cl.Cl.